The van der Waals surface area contributed by atoms with E-state index < -0.39 is 17.8 Å². The monoisotopic (exact) mass is 323 g/mol. The lowest BCUT2D eigenvalue weighted by atomic mass is 10.0. The van der Waals surface area contributed by atoms with Crippen LogP contribution in [0.5, 0.6) is 0 Å². The minimum absolute atomic E-state index is 0.546. The Hall–Kier alpha value is -1.88. The molecule has 0 aliphatic heterocycles. The van der Waals surface area contributed by atoms with E-state index in [1.807, 2.05) is 0 Å². The number of pyridine rings is 1. The van der Waals surface area contributed by atoms with Crippen molar-refractivity contribution in [3.8, 4) is 11.3 Å². The Morgan fingerprint density at radius 3 is 2.26 bits per heavy atom. The third kappa shape index (κ3) is 4.79. The van der Waals surface area contributed by atoms with Gasteiger partial charge in [-0.05, 0) is 30.2 Å². The molecule has 0 aliphatic carbocycles. The number of aliphatic hydroxyl groups excluding tert-OH is 1. The number of aromatic nitrogens is 1. The summed E-state index contributed by atoms with van der Waals surface area (Å²) in [5, 5.41) is 10.1. The van der Waals surface area contributed by atoms with Gasteiger partial charge in [0.1, 0.15) is 0 Å². The van der Waals surface area contributed by atoms with Gasteiger partial charge < -0.3 is 5.11 Å². The van der Waals surface area contributed by atoms with Crippen LogP contribution < -0.4 is 0 Å². The molecule has 0 saturated heterocycles. The van der Waals surface area contributed by atoms with Crippen molar-refractivity contribution in [2.24, 2.45) is 0 Å². The number of rotatable bonds is 6. The molecule has 1 aromatic heterocycles. The second-order valence-electron chi connectivity index (χ2n) is 5.56. The first kappa shape index (κ1) is 17.5. The van der Waals surface area contributed by atoms with Crippen LogP contribution >= 0.6 is 0 Å². The molecule has 2 rings (SSSR count). The zero-order valence-electron chi connectivity index (χ0n) is 13.0. The third-order valence-electron chi connectivity index (χ3n) is 3.76. The van der Waals surface area contributed by atoms with Gasteiger partial charge in [0.2, 0.25) is 0 Å². The van der Waals surface area contributed by atoms with Gasteiger partial charge in [-0.25, -0.2) is 0 Å². The SMILES string of the molecule is CCCCC[C@H](O)c1ccc(-c2ccc(C(F)(F)F)cc2)nc1. The summed E-state index contributed by atoms with van der Waals surface area (Å²) >= 11 is 0. The smallest absolute Gasteiger partial charge is 0.388 e. The Kier molecular flexibility index (Phi) is 5.77. The van der Waals surface area contributed by atoms with E-state index in [-0.39, 0.29) is 0 Å². The molecule has 0 saturated carbocycles. The van der Waals surface area contributed by atoms with E-state index in [4.69, 9.17) is 0 Å². The fourth-order valence-electron chi connectivity index (χ4n) is 2.36. The van der Waals surface area contributed by atoms with Gasteiger partial charge in [-0.1, -0.05) is 44.4 Å². The Morgan fingerprint density at radius 2 is 1.74 bits per heavy atom. The molecule has 1 aromatic carbocycles. The van der Waals surface area contributed by atoms with Crippen LogP contribution in [0.2, 0.25) is 0 Å². The fraction of sp³-hybridized carbons (Fsp3) is 0.389. The van der Waals surface area contributed by atoms with E-state index in [0.29, 0.717) is 17.7 Å². The molecular weight excluding hydrogens is 303 g/mol. The minimum atomic E-state index is -4.33. The average molecular weight is 323 g/mol. The van der Waals surface area contributed by atoms with Crippen molar-refractivity contribution in [1.29, 1.82) is 0 Å². The summed E-state index contributed by atoms with van der Waals surface area (Å²) in [4.78, 5) is 4.25. The maximum absolute atomic E-state index is 12.5. The molecule has 1 N–H and O–H groups in total. The Labute approximate surface area is 134 Å². The van der Waals surface area contributed by atoms with Crippen LogP contribution in [0, 0.1) is 0 Å². The van der Waals surface area contributed by atoms with Crippen molar-refractivity contribution in [3.05, 3.63) is 53.7 Å². The van der Waals surface area contributed by atoms with Gasteiger partial charge in [0.15, 0.2) is 0 Å². The quantitative estimate of drug-likeness (QED) is 0.724. The van der Waals surface area contributed by atoms with Crippen molar-refractivity contribution in [2.45, 2.75) is 44.9 Å². The van der Waals surface area contributed by atoms with Crippen molar-refractivity contribution < 1.29 is 18.3 Å². The van der Waals surface area contributed by atoms with Crippen LogP contribution in [0.1, 0.15) is 49.8 Å². The first-order valence-electron chi connectivity index (χ1n) is 7.73. The van der Waals surface area contributed by atoms with E-state index in [1.165, 1.54) is 12.1 Å². The van der Waals surface area contributed by atoms with Gasteiger partial charge in [0, 0.05) is 11.8 Å². The molecule has 124 valence electrons. The average Bonchev–Trinajstić information content (AvgIpc) is 2.54. The van der Waals surface area contributed by atoms with Crippen LogP contribution in [-0.4, -0.2) is 10.1 Å². The summed E-state index contributed by atoms with van der Waals surface area (Å²) in [7, 11) is 0. The molecule has 0 fully saturated rings. The number of nitrogens with zero attached hydrogens (tertiary/aromatic N) is 1. The van der Waals surface area contributed by atoms with E-state index in [2.05, 4.69) is 11.9 Å². The second-order valence-corrected chi connectivity index (χ2v) is 5.56. The van der Waals surface area contributed by atoms with E-state index in [1.54, 1.807) is 18.3 Å². The van der Waals surface area contributed by atoms with Crippen LogP contribution in [0.4, 0.5) is 13.2 Å². The number of hydrogen-bond donors (Lipinski definition) is 1. The van der Waals surface area contributed by atoms with Gasteiger partial charge >= 0.3 is 6.18 Å². The van der Waals surface area contributed by atoms with Gasteiger partial charge in [-0.3, -0.25) is 4.98 Å². The maximum atomic E-state index is 12.5. The third-order valence-corrected chi connectivity index (χ3v) is 3.76. The number of benzene rings is 1. The highest BCUT2D eigenvalue weighted by molar-refractivity contribution is 5.59. The zero-order chi connectivity index (χ0) is 16.9. The molecule has 0 radical (unpaired) electrons. The van der Waals surface area contributed by atoms with E-state index in [0.717, 1.165) is 37.0 Å². The largest absolute Gasteiger partial charge is 0.416 e. The summed E-state index contributed by atoms with van der Waals surface area (Å²) in [6, 6.07) is 8.40. The lowest BCUT2D eigenvalue weighted by Gasteiger charge is -2.11. The summed E-state index contributed by atoms with van der Waals surface area (Å²) in [6.45, 7) is 2.10. The fourth-order valence-corrected chi connectivity index (χ4v) is 2.36. The topological polar surface area (TPSA) is 33.1 Å². The van der Waals surface area contributed by atoms with Crippen LogP contribution in [0.25, 0.3) is 11.3 Å². The number of alkyl halides is 3. The van der Waals surface area contributed by atoms with E-state index >= 15 is 0 Å². The molecule has 0 aliphatic rings. The Bertz CT molecular complexity index is 606. The van der Waals surface area contributed by atoms with Gasteiger partial charge in [-0.15, -0.1) is 0 Å². The maximum Gasteiger partial charge on any atom is 0.416 e. The second kappa shape index (κ2) is 7.59. The number of aliphatic hydroxyl groups is 1. The predicted molar refractivity (Wildman–Crippen MR) is 83.8 cm³/mol. The van der Waals surface area contributed by atoms with Crippen molar-refractivity contribution in [3.63, 3.8) is 0 Å². The summed E-state index contributed by atoms with van der Waals surface area (Å²) in [5.41, 5.74) is 1.26. The molecule has 0 bridgehead atoms. The lowest BCUT2D eigenvalue weighted by molar-refractivity contribution is -0.137. The molecule has 2 nitrogen and oxygen atoms in total. The number of halogens is 3. The zero-order valence-corrected chi connectivity index (χ0v) is 13.0. The van der Waals surface area contributed by atoms with Crippen LogP contribution in [-0.2, 0) is 6.18 Å². The molecular formula is C18H20F3NO. The van der Waals surface area contributed by atoms with Crippen LogP contribution in [0.3, 0.4) is 0 Å². The normalized spacial score (nSPS) is 13.1. The van der Waals surface area contributed by atoms with Gasteiger partial charge in [-0.2, -0.15) is 13.2 Å². The van der Waals surface area contributed by atoms with Gasteiger partial charge in [0.25, 0.3) is 0 Å². The van der Waals surface area contributed by atoms with Crippen molar-refractivity contribution in [1.82, 2.24) is 4.98 Å². The molecule has 2 aromatic rings. The molecule has 1 atom stereocenters. The molecule has 1 heterocycles. The first-order valence-corrected chi connectivity index (χ1v) is 7.73. The summed E-state index contributed by atoms with van der Waals surface area (Å²) < 4.78 is 37.6. The molecule has 5 heteroatoms. The highest BCUT2D eigenvalue weighted by Crippen LogP contribution is 2.30. The lowest BCUT2D eigenvalue weighted by Crippen LogP contribution is -2.04. The van der Waals surface area contributed by atoms with Crippen molar-refractivity contribution in [2.75, 3.05) is 0 Å². The highest BCUT2D eigenvalue weighted by Gasteiger charge is 2.29. The molecule has 0 amide bonds. The van der Waals surface area contributed by atoms with Crippen LogP contribution in [0.15, 0.2) is 42.6 Å². The van der Waals surface area contributed by atoms with Crippen molar-refractivity contribution >= 4 is 0 Å². The number of unbranched alkanes of at least 4 members (excludes halogenated alkanes) is 2. The molecule has 23 heavy (non-hydrogen) atoms. The van der Waals surface area contributed by atoms with Gasteiger partial charge in [0.05, 0.1) is 17.4 Å². The predicted octanol–water partition coefficient (Wildman–Crippen LogP) is 5.38. The summed E-state index contributed by atoms with van der Waals surface area (Å²) in [5.74, 6) is 0. The Balaban J connectivity index is 2.07. The first-order chi connectivity index (χ1) is 10.9. The highest BCUT2D eigenvalue weighted by atomic mass is 19.4. The standard InChI is InChI=1S/C18H20F3NO/c1-2-3-4-5-17(23)14-8-11-16(22-12-14)13-6-9-15(10-7-13)18(19,20)21/h6-12,17,23H,2-5H2,1H3/t17-/m0/s1. The minimum Gasteiger partial charge on any atom is -0.388 e. The number of hydrogen-bond acceptors (Lipinski definition) is 2. The summed E-state index contributed by atoms with van der Waals surface area (Å²) in [6.07, 6.45) is 0.525. The molecule has 0 unspecified atom stereocenters. The Morgan fingerprint density at radius 1 is 1.04 bits per heavy atom. The molecule has 0 spiro atoms. The van der Waals surface area contributed by atoms with E-state index in [9.17, 15) is 18.3 Å².